The fourth-order valence-corrected chi connectivity index (χ4v) is 4.58. The maximum absolute atomic E-state index is 12.8. The van der Waals surface area contributed by atoms with Gasteiger partial charge in [-0.3, -0.25) is 4.79 Å². The quantitative estimate of drug-likeness (QED) is 0.743. The monoisotopic (exact) mass is 422 g/mol. The number of piperazine rings is 1. The molecule has 1 unspecified atom stereocenters. The third-order valence-electron chi connectivity index (χ3n) is 4.68. The van der Waals surface area contributed by atoms with Crippen LogP contribution in [0.4, 0.5) is 0 Å². The molecule has 0 aromatic heterocycles. The number of halogens is 1. The molecule has 2 aromatic rings. The Kier molecular flexibility index (Phi) is 6.27. The number of rotatable bonds is 5. The molecule has 0 saturated carbocycles. The normalized spacial score (nSPS) is 16.6. The predicted octanol–water partition coefficient (Wildman–Crippen LogP) is 2.95. The number of hydrogen-bond donors (Lipinski definition) is 0. The number of hydrogen-bond acceptors (Lipinski definition) is 4. The Balaban J connectivity index is 1.58. The first kappa shape index (κ1) is 20.6. The van der Waals surface area contributed by atoms with E-state index in [0.717, 1.165) is 5.56 Å². The number of ether oxygens (including phenoxy) is 1. The van der Waals surface area contributed by atoms with E-state index in [4.69, 9.17) is 16.3 Å². The number of carbonyl (C=O) groups is 1. The molecule has 0 N–H and O–H groups in total. The molecule has 0 aliphatic carbocycles. The summed E-state index contributed by atoms with van der Waals surface area (Å²) in [5, 5.41) is 0.595. The molecule has 0 bridgehead atoms. The zero-order chi connectivity index (χ0) is 20.3. The molecular formula is C20H23ClN2O4S. The lowest BCUT2D eigenvalue weighted by Gasteiger charge is -2.35. The second kappa shape index (κ2) is 8.51. The Morgan fingerprint density at radius 2 is 1.57 bits per heavy atom. The van der Waals surface area contributed by atoms with Crippen molar-refractivity contribution >= 4 is 27.5 Å². The van der Waals surface area contributed by atoms with Crippen LogP contribution in [-0.2, 0) is 14.8 Å². The first-order valence-corrected chi connectivity index (χ1v) is 10.9. The van der Waals surface area contributed by atoms with Gasteiger partial charge in [-0.05, 0) is 50.2 Å². The van der Waals surface area contributed by atoms with Gasteiger partial charge in [0.1, 0.15) is 5.75 Å². The van der Waals surface area contributed by atoms with Gasteiger partial charge in [-0.2, -0.15) is 4.31 Å². The molecular weight excluding hydrogens is 400 g/mol. The average molecular weight is 423 g/mol. The van der Waals surface area contributed by atoms with E-state index in [1.807, 2.05) is 6.92 Å². The lowest BCUT2D eigenvalue weighted by Crippen LogP contribution is -2.53. The largest absolute Gasteiger partial charge is 0.481 e. The lowest BCUT2D eigenvalue weighted by atomic mass is 10.2. The molecule has 6 nitrogen and oxygen atoms in total. The third-order valence-corrected chi connectivity index (χ3v) is 6.85. The van der Waals surface area contributed by atoms with Crippen LogP contribution in [-0.4, -0.2) is 55.8 Å². The van der Waals surface area contributed by atoms with Crippen molar-refractivity contribution < 1.29 is 17.9 Å². The van der Waals surface area contributed by atoms with Crippen LogP contribution >= 0.6 is 11.6 Å². The SMILES string of the molecule is Cc1ccc(S(=O)(=O)N2CCN(C(=O)C(C)Oc3ccc(Cl)cc3)CC2)cc1. The van der Waals surface area contributed by atoms with Gasteiger partial charge in [0, 0.05) is 31.2 Å². The molecule has 1 aliphatic heterocycles. The molecule has 8 heteroatoms. The van der Waals surface area contributed by atoms with Crippen molar-refractivity contribution in [2.45, 2.75) is 24.8 Å². The van der Waals surface area contributed by atoms with E-state index in [-0.39, 0.29) is 23.9 Å². The standard InChI is InChI=1S/C20H23ClN2O4S/c1-15-3-9-19(10-4-15)28(25,26)23-13-11-22(12-14-23)20(24)16(2)27-18-7-5-17(21)6-8-18/h3-10,16H,11-14H2,1-2H3. The Morgan fingerprint density at radius 1 is 1.00 bits per heavy atom. The predicted molar refractivity (Wildman–Crippen MR) is 108 cm³/mol. The third kappa shape index (κ3) is 4.66. The van der Waals surface area contributed by atoms with E-state index in [1.54, 1.807) is 60.4 Å². The van der Waals surface area contributed by atoms with Crippen LogP contribution in [0.5, 0.6) is 5.75 Å². The van der Waals surface area contributed by atoms with Crippen LogP contribution in [0.1, 0.15) is 12.5 Å². The highest BCUT2D eigenvalue weighted by Gasteiger charge is 2.31. The zero-order valence-electron chi connectivity index (χ0n) is 15.8. The summed E-state index contributed by atoms with van der Waals surface area (Å²) in [6.45, 7) is 4.78. The second-order valence-corrected chi connectivity index (χ2v) is 9.13. The summed E-state index contributed by atoms with van der Waals surface area (Å²) in [5.41, 5.74) is 1.00. The number of benzene rings is 2. The van der Waals surface area contributed by atoms with Crippen molar-refractivity contribution in [2.75, 3.05) is 26.2 Å². The Labute approximate surface area is 170 Å². The van der Waals surface area contributed by atoms with Gasteiger partial charge in [0.05, 0.1) is 4.90 Å². The minimum atomic E-state index is -3.55. The zero-order valence-corrected chi connectivity index (χ0v) is 17.4. The van der Waals surface area contributed by atoms with E-state index >= 15 is 0 Å². The van der Waals surface area contributed by atoms with Crippen LogP contribution < -0.4 is 4.74 Å². The molecule has 1 atom stereocenters. The number of carbonyl (C=O) groups excluding carboxylic acids is 1. The summed E-state index contributed by atoms with van der Waals surface area (Å²) >= 11 is 5.85. The van der Waals surface area contributed by atoms with E-state index in [0.29, 0.717) is 23.9 Å². The van der Waals surface area contributed by atoms with Gasteiger partial charge in [0.2, 0.25) is 10.0 Å². The molecule has 1 heterocycles. The van der Waals surface area contributed by atoms with Gasteiger partial charge in [-0.25, -0.2) is 8.42 Å². The smallest absolute Gasteiger partial charge is 0.263 e. The van der Waals surface area contributed by atoms with Crippen molar-refractivity contribution in [3.63, 3.8) is 0 Å². The topological polar surface area (TPSA) is 66.9 Å². The average Bonchev–Trinajstić information content (AvgIpc) is 2.69. The molecule has 1 amide bonds. The Hall–Kier alpha value is -2.09. The van der Waals surface area contributed by atoms with Crippen LogP contribution in [0.2, 0.25) is 5.02 Å². The Bertz CT molecular complexity index is 922. The summed E-state index contributed by atoms with van der Waals surface area (Å²) in [6.07, 6.45) is -0.665. The van der Waals surface area contributed by atoms with E-state index in [9.17, 15) is 13.2 Å². The number of nitrogens with zero attached hydrogens (tertiary/aromatic N) is 2. The van der Waals surface area contributed by atoms with Crippen LogP contribution in [0.15, 0.2) is 53.4 Å². The molecule has 2 aromatic carbocycles. The first-order chi connectivity index (χ1) is 13.3. The van der Waals surface area contributed by atoms with Crippen molar-refractivity contribution in [2.24, 2.45) is 0 Å². The van der Waals surface area contributed by atoms with E-state index in [2.05, 4.69) is 0 Å². The van der Waals surface area contributed by atoms with Gasteiger partial charge in [-0.1, -0.05) is 29.3 Å². The van der Waals surface area contributed by atoms with Gasteiger partial charge >= 0.3 is 0 Å². The minimum Gasteiger partial charge on any atom is -0.481 e. The molecule has 3 rings (SSSR count). The van der Waals surface area contributed by atoms with Crippen LogP contribution in [0, 0.1) is 6.92 Å². The maximum atomic E-state index is 12.8. The van der Waals surface area contributed by atoms with E-state index in [1.165, 1.54) is 4.31 Å². The van der Waals surface area contributed by atoms with Crippen molar-refractivity contribution in [3.05, 3.63) is 59.1 Å². The second-order valence-electron chi connectivity index (χ2n) is 6.76. The molecule has 0 radical (unpaired) electrons. The number of amides is 1. The Morgan fingerprint density at radius 3 is 2.14 bits per heavy atom. The highest BCUT2D eigenvalue weighted by Crippen LogP contribution is 2.20. The van der Waals surface area contributed by atoms with Gasteiger partial charge < -0.3 is 9.64 Å². The summed E-state index contributed by atoms with van der Waals surface area (Å²) in [7, 11) is -3.55. The molecule has 1 saturated heterocycles. The molecule has 1 fully saturated rings. The number of aryl methyl sites for hydroxylation is 1. The molecule has 1 aliphatic rings. The van der Waals surface area contributed by atoms with Crippen LogP contribution in [0.25, 0.3) is 0 Å². The highest BCUT2D eigenvalue weighted by atomic mass is 35.5. The summed E-state index contributed by atoms with van der Waals surface area (Å²) in [4.78, 5) is 14.6. The summed E-state index contributed by atoms with van der Waals surface area (Å²) in [6, 6.07) is 13.6. The van der Waals surface area contributed by atoms with Crippen molar-refractivity contribution in [1.29, 1.82) is 0 Å². The van der Waals surface area contributed by atoms with Gasteiger partial charge in [0.15, 0.2) is 6.10 Å². The van der Waals surface area contributed by atoms with Gasteiger partial charge in [0.25, 0.3) is 5.91 Å². The van der Waals surface area contributed by atoms with Crippen molar-refractivity contribution in [3.8, 4) is 5.75 Å². The van der Waals surface area contributed by atoms with Crippen molar-refractivity contribution in [1.82, 2.24) is 9.21 Å². The highest BCUT2D eigenvalue weighted by molar-refractivity contribution is 7.89. The van der Waals surface area contributed by atoms with Crippen LogP contribution in [0.3, 0.4) is 0 Å². The maximum Gasteiger partial charge on any atom is 0.263 e. The van der Waals surface area contributed by atoms with E-state index < -0.39 is 16.1 Å². The first-order valence-electron chi connectivity index (χ1n) is 9.05. The minimum absolute atomic E-state index is 0.165. The fourth-order valence-electron chi connectivity index (χ4n) is 3.03. The lowest BCUT2D eigenvalue weighted by molar-refractivity contribution is -0.139. The summed E-state index contributed by atoms with van der Waals surface area (Å²) < 4.78 is 32.6. The molecule has 150 valence electrons. The molecule has 28 heavy (non-hydrogen) atoms. The van der Waals surface area contributed by atoms with Gasteiger partial charge in [-0.15, -0.1) is 0 Å². The summed E-state index contributed by atoms with van der Waals surface area (Å²) in [5.74, 6) is 0.396. The molecule has 0 spiro atoms. The fraction of sp³-hybridized carbons (Fsp3) is 0.350. The number of sulfonamides is 1.